The van der Waals surface area contributed by atoms with E-state index in [1.54, 1.807) is 0 Å². The van der Waals surface area contributed by atoms with E-state index in [0.717, 1.165) is 28.2 Å². The molecule has 0 aliphatic heterocycles. The summed E-state index contributed by atoms with van der Waals surface area (Å²) in [6, 6.07) is 5.70. The van der Waals surface area contributed by atoms with E-state index < -0.39 is 0 Å². The Bertz CT molecular complexity index is 626. The van der Waals surface area contributed by atoms with Gasteiger partial charge in [0.15, 0.2) is 0 Å². The van der Waals surface area contributed by atoms with E-state index in [0.29, 0.717) is 18.7 Å². The van der Waals surface area contributed by atoms with Crippen molar-refractivity contribution in [2.45, 2.75) is 34.2 Å². The van der Waals surface area contributed by atoms with Crippen LogP contribution >= 0.6 is 0 Å². The van der Waals surface area contributed by atoms with Crippen LogP contribution < -0.4 is 10.6 Å². The molecule has 0 saturated carbocycles. The van der Waals surface area contributed by atoms with Crippen LogP contribution in [0.1, 0.15) is 39.8 Å². The van der Waals surface area contributed by atoms with Gasteiger partial charge in [0.25, 0.3) is 5.91 Å². The number of anilines is 1. The summed E-state index contributed by atoms with van der Waals surface area (Å²) < 4.78 is 0. The molecule has 0 atom stereocenters. The number of aromatic amines is 1. The lowest BCUT2D eigenvalue weighted by atomic mass is 10.1. The lowest BCUT2D eigenvalue weighted by molar-refractivity contribution is 0.0956. The van der Waals surface area contributed by atoms with E-state index in [-0.39, 0.29) is 5.91 Å². The molecule has 0 bridgehead atoms. The number of nitrogens with one attached hydrogen (secondary N) is 3. The Morgan fingerprint density at radius 2 is 2.05 bits per heavy atom. The largest absolute Gasteiger partial charge is 0.381 e. The van der Waals surface area contributed by atoms with E-state index in [9.17, 15) is 4.79 Å². The molecule has 0 fully saturated rings. The van der Waals surface area contributed by atoms with Gasteiger partial charge in [-0.3, -0.25) is 9.89 Å². The lowest BCUT2D eigenvalue weighted by Gasteiger charge is -2.12. The number of aryl methyl sites for hydroxylation is 3. The zero-order chi connectivity index (χ0) is 15.4. The van der Waals surface area contributed by atoms with Gasteiger partial charge in [-0.05, 0) is 45.4 Å². The molecule has 112 valence electrons. The second-order valence-electron chi connectivity index (χ2n) is 5.16. The molecule has 1 aromatic heterocycles. The van der Waals surface area contributed by atoms with Crippen LogP contribution in [0.25, 0.3) is 0 Å². The first-order valence-electron chi connectivity index (χ1n) is 7.16. The van der Waals surface area contributed by atoms with Crippen molar-refractivity contribution in [2.75, 3.05) is 11.9 Å². The van der Waals surface area contributed by atoms with Crippen LogP contribution in [-0.2, 0) is 6.54 Å². The van der Waals surface area contributed by atoms with Gasteiger partial charge in [-0.25, -0.2) is 0 Å². The summed E-state index contributed by atoms with van der Waals surface area (Å²) in [4.78, 5) is 11.9. The molecule has 2 aromatic rings. The standard InChI is InChI=1S/C16H22N4O/c1-5-17-16(21)13-7-6-10(2)15(8-13)18-9-14-11(3)19-20-12(14)4/h6-8,18H,5,9H2,1-4H3,(H,17,21)(H,19,20). The van der Waals surface area contributed by atoms with Crippen molar-refractivity contribution in [1.29, 1.82) is 0 Å². The summed E-state index contributed by atoms with van der Waals surface area (Å²) in [5.74, 6) is -0.0452. The quantitative estimate of drug-likeness (QED) is 0.791. The number of amides is 1. The number of nitrogens with zero attached hydrogens (tertiary/aromatic N) is 1. The highest BCUT2D eigenvalue weighted by Gasteiger charge is 2.09. The molecule has 0 radical (unpaired) electrons. The number of hydrogen-bond acceptors (Lipinski definition) is 3. The van der Waals surface area contributed by atoms with Crippen LogP contribution in [0.2, 0.25) is 0 Å². The topological polar surface area (TPSA) is 69.8 Å². The van der Waals surface area contributed by atoms with Crippen LogP contribution in [0, 0.1) is 20.8 Å². The Morgan fingerprint density at radius 3 is 2.67 bits per heavy atom. The van der Waals surface area contributed by atoms with Crippen LogP contribution in [0.4, 0.5) is 5.69 Å². The number of hydrogen-bond donors (Lipinski definition) is 3. The summed E-state index contributed by atoms with van der Waals surface area (Å²) in [6.07, 6.45) is 0. The van der Waals surface area contributed by atoms with E-state index >= 15 is 0 Å². The van der Waals surface area contributed by atoms with Crippen LogP contribution in [0.15, 0.2) is 18.2 Å². The summed E-state index contributed by atoms with van der Waals surface area (Å²) in [5.41, 5.74) is 5.99. The van der Waals surface area contributed by atoms with Crippen LogP contribution in [0.3, 0.4) is 0 Å². The van der Waals surface area contributed by atoms with Gasteiger partial charge < -0.3 is 10.6 Å². The molecule has 0 saturated heterocycles. The summed E-state index contributed by atoms with van der Waals surface area (Å²) in [5, 5.41) is 13.4. The molecule has 1 aromatic carbocycles. The monoisotopic (exact) mass is 286 g/mol. The average molecular weight is 286 g/mol. The third kappa shape index (κ3) is 3.42. The van der Waals surface area contributed by atoms with Crippen LogP contribution in [0.5, 0.6) is 0 Å². The van der Waals surface area contributed by atoms with Gasteiger partial charge in [-0.1, -0.05) is 6.07 Å². The van der Waals surface area contributed by atoms with Crippen molar-refractivity contribution in [3.63, 3.8) is 0 Å². The number of carbonyl (C=O) groups excluding carboxylic acids is 1. The maximum absolute atomic E-state index is 11.9. The van der Waals surface area contributed by atoms with Crippen molar-refractivity contribution < 1.29 is 4.79 Å². The van der Waals surface area contributed by atoms with Crippen molar-refractivity contribution >= 4 is 11.6 Å². The highest BCUT2D eigenvalue weighted by Crippen LogP contribution is 2.19. The first-order valence-corrected chi connectivity index (χ1v) is 7.16. The highest BCUT2D eigenvalue weighted by molar-refractivity contribution is 5.95. The molecule has 21 heavy (non-hydrogen) atoms. The zero-order valence-electron chi connectivity index (χ0n) is 13.0. The highest BCUT2D eigenvalue weighted by atomic mass is 16.1. The third-order valence-electron chi connectivity index (χ3n) is 3.57. The molecule has 1 amide bonds. The minimum atomic E-state index is -0.0452. The van der Waals surface area contributed by atoms with Gasteiger partial charge in [-0.2, -0.15) is 5.10 Å². The Morgan fingerprint density at radius 1 is 1.29 bits per heavy atom. The smallest absolute Gasteiger partial charge is 0.251 e. The molecule has 0 spiro atoms. The van der Waals surface area contributed by atoms with E-state index in [4.69, 9.17) is 0 Å². The molecular formula is C16H22N4O. The normalized spacial score (nSPS) is 10.5. The van der Waals surface area contributed by atoms with Gasteiger partial charge in [-0.15, -0.1) is 0 Å². The molecule has 2 rings (SSSR count). The summed E-state index contributed by atoms with van der Waals surface area (Å²) in [7, 11) is 0. The minimum absolute atomic E-state index is 0.0452. The summed E-state index contributed by atoms with van der Waals surface area (Å²) in [6.45, 7) is 9.25. The lowest BCUT2D eigenvalue weighted by Crippen LogP contribution is -2.22. The number of H-pyrrole nitrogens is 1. The molecule has 5 heteroatoms. The van der Waals surface area contributed by atoms with Crippen LogP contribution in [-0.4, -0.2) is 22.6 Å². The van der Waals surface area contributed by atoms with Gasteiger partial charge >= 0.3 is 0 Å². The molecule has 0 unspecified atom stereocenters. The maximum atomic E-state index is 11.9. The van der Waals surface area contributed by atoms with Gasteiger partial charge in [0.05, 0.1) is 5.69 Å². The number of carbonyl (C=O) groups is 1. The third-order valence-corrected chi connectivity index (χ3v) is 3.57. The second kappa shape index (κ2) is 6.43. The number of rotatable bonds is 5. The van der Waals surface area contributed by atoms with E-state index in [2.05, 4.69) is 20.8 Å². The Labute approximate surface area is 125 Å². The predicted octanol–water partition coefficient (Wildman–Crippen LogP) is 2.70. The van der Waals surface area contributed by atoms with Gasteiger partial charge in [0.2, 0.25) is 0 Å². The Kier molecular flexibility index (Phi) is 4.62. The zero-order valence-corrected chi connectivity index (χ0v) is 13.0. The molecule has 0 aliphatic carbocycles. The van der Waals surface area contributed by atoms with Crippen molar-refractivity contribution in [1.82, 2.24) is 15.5 Å². The Hall–Kier alpha value is -2.30. The van der Waals surface area contributed by atoms with Gasteiger partial charge in [0.1, 0.15) is 0 Å². The molecular weight excluding hydrogens is 264 g/mol. The van der Waals surface area contributed by atoms with Crippen molar-refractivity contribution in [2.24, 2.45) is 0 Å². The van der Waals surface area contributed by atoms with Crippen molar-refractivity contribution in [3.05, 3.63) is 46.3 Å². The SMILES string of the molecule is CCNC(=O)c1ccc(C)c(NCc2c(C)n[nH]c2C)c1. The fourth-order valence-corrected chi connectivity index (χ4v) is 2.23. The summed E-state index contributed by atoms with van der Waals surface area (Å²) >= 11 is 0. The first kappa shape index (κ1) is 15.1. The Balaban J connectivity index is 2.16. The van der Waals surface area contributed by atoms with Crippen molar-refractivity contribution in [3.8, 4) is 0 Å². The minimum Gasteiger partial charge on any atom is -0.381 e. The van der Waals surface area contributed by atoms with E-state index in [1.807, 2.05) is 45.9 Å². The molecule has 1 heterocycles. The fraction of sp³-hybridized carbons (Fsp3) is 0.375. The fourth-order valence-electron chi connectivity index (χ4n) is 2.23. The number of aromatic nitrogens is 2. The maximum Gasteiger partial charge on any atom is 0.251 e. The van der Waals surface area contributed by atoms with E-state index in [1.165, 1.54) is 0 Å². The average Bonchev–Trinajstić information content (AvgIpc) is 2.77. The number of benzene rings is 1. The molecule has 0 aliphatic rings. The van der Waals surface area contributed by atoms with Gasteiger partial charge in [0, 0.05) is 35.6 Å². The molecule has 5 nitrogen and oxygen atoms in total. The second-order valence-corrected chi connectivity index (χ2v) is 5.16. The first-order chi connectivity index (χ1) is 10.0. The molecule has 3 N–H and O–H groups in total. The predicted molar refractivity (Wildman–Crippen MR) is 84.6 cm³/mol.